The number of β-lactam (4-membered cyclic amide) rings is 1. The van der Waals surface area contributed by atoms with E-state index in [0.717, 1.165) is 0 Å². The van der Waals surface area contributed by atoms with Crippen LogP contribution in [0.25, 0.3) is 0 Å². The lowest BCUT2D eigenvalue weighted by Crippen LogP contribution is -2.73. The van der Waals surface area contributed by atoms with E-state index in [0.29, 0.717) is 11.3 Å². The Morgan fingerprint density at radius 2 is 2.05 bits per heavy atom. The highest BCUT2D eigenvalue weighted by atomic mass is 32.2. The molecular formula is C15H16N2O4S. The zero-order valence-corrected chi connectivity index (χ0v) is 12.8. The average Bonchev–Trinajstić information content (AvgIpc) is 2.53. The number of thioether (sulfide) groups is 1. The molecule has 1 aromatic carbocycles. The van der Waals surface area contributed by atoms with Gasteiger partial charge in [0.25, 0.3) is 5.91 Å². The van der Waals surface area contributed by atoms with Crippen LogP contribution in [0.5, 0.6) is 0 Å². The second kappa shape index (κ2) is 5.31. The molecular weight excluding hydrogens is 304 g/mol. The van der Waals surface area contributed by atoms with Crippen molar-refractivity contribution in [2.45, 2.75) is 18.3 Å². The number of nitrogens with zero attached hydrogens (tertiary/aromatic N) is 1. The van der Waals surface area contributed by atoms with Crippen molar-refractivity contribution in [1.82, 2.24) is 10.2 Å². The molecule has 0 saturated carbocycles. The molecule has 2 fully saturated rings. The van der Waals surface area contributed by atoms with Gasteiger partial charge in [0, 0.05) is 17.9 Å². The van der Waals surface area contributed by atoms with Crippen LogP contribution in [-0.4, -0.2) is 51.5 Å². The molecule has 7 heteroatoms. The largest absolute Gasteiger partial charge is 0.481 e. The van der Waals surface area contributed by atoms with Gasteiger partial charge in [0.1, 0.15) is 11.4 Å². The first-order valence-electron chi connectivity index (χ1n) is 6.94. The fourth-order valence-electron chi connectivity index (χ4n) is 2.65. The number of amides is 2. The molecule has 2 aliphatic heterocycles. The number of nitrogens with one attached hydrogen (secondary N) is 1. The SMILES string of the molecule is CC1(C(=O)O)CS[C@@H]2C(NC(=O)c3ccccc3)C(=O)N2C1. The number of benzene rings is 1. The van der Waals surface area contributed by atoms with Gasteiger partial charge in [0.05, 0.1) is 5.41 Å². The van der Waals surface area contributed by atoms with E-state index in [-0.39, 0.29) is 23.7 Å². The highest BCUT2D eigenvalue weighted by Gasteiger charge is 2.55. The van der Waals surface area contributed by atoms with Crippen molar-refractivity contribution in [3.8, 4) is 0 Å². The van der Waals surface area contributed by atoms with Gasteiger partial charge in [0.2, 0.25) is 5.91 Å². The van der Waals surface area contributed by atoms with Crippen LogP contribution in [0.3, 0.4) is 0 Å². The third kappa shape index (κ3) is 2.35. The Kier molecular flexibility index (Phi) is 3.60. The van der Waals surface area contributed by atoms with Gasteiger partial charge < -0.3 is 15.3 Å². The van der Waals surface area contributed by atoms with Gasteiger partial charge in [-0.2, -0.15) is 0 Å². The van der Waals surface area contributed by atoms with Crippen molar-refractivity contribution < 1.29 is 19.5 Å². The van der Waals surface area contributed by atoms with Gasteiger partial charge >= 0.3 is 5.97 Å². The van der Waals surface area contributed by atoms with Crippen LogP contribution in [-0.2, 0) is 9.59 Å². The van der Waals surface area contributed by atoms with Crippen LogP contribution in [0.15, 0.2) is 30.3 Å². The summed E-state index contributed by atoms with van der Waals surface area (Å²) in [5.74, 6) is -0.975. The molecule has 2 saturated heterocycles. The van der Waals surface area contributed by atoms with Gasteiger partial charge in [-0.25, -0.2) is 0 Å². The van der Waals surface area contributed by atoms with Crippen LogP contribution in [0, 0.1) is 5.41 Å². The summed E-state index contributed by atoms with van der Waals surface area (Å²) in [7, 11) is 0. The number of carboxylic acid groups (broad SMARTS) is 1. The van der Waals surface area contributed by atoms with Gasteiger partial charge in [-0.3, -0.25) is 14.4 Å². The molecule has 2 amide bonds. The molecule has 3 rings (SSSR count). The van der Waals surface area contributed by atoms with E-state index in [2.05, 4.69) is 5.32 Å². The third-order valence-electron chi connectivity index (χ3n) is 4.07. The van der Waals surface area contributed by atoms with E-state index >= 15 is 0 Å². The second-order valence-electron chi connectivity index (χ2n) is 5.85. The average molecular weight is 320 g/mol. The van der Waals surface area contributed by atoms with Crippen LogP contribution in [0.2, 0.25) is 0 Å². The maximum atomic E-state index is 12.2. The molecule has 1 aromatic rings. The summed E-state index contributed by atoms with van der Waals surface area (Å²) >= 11 is 1.41. The van der Waals surface area contributed by atoms with Crippen molar-refractivity contribution in [3.05, 3.63) is 35.9 Å². The normalized spacial score (nSPS) is 30.2. The molecule has 0 spiro atoms. The molecule has 0 aliphatic carbocycles. The Balaban J connectivity index is 1.66. The first kappa shape index (κ1) is 14.9. The monoisotopic (exact) mass is 320 g/mol. The zero-order valence-electron chi connectivity index (χ0n) is 12.0. The van der Waals surface area contributed by atoms with Crippen molar-refractivity contribution in [1.29, 1.82) is 0 Å². The predicted molar refractivity (Wildman–Crippen MR) is 81.4 cm³/mol. The first-order chi connectivity index (χ1) is 10.4. The Bertz CT molecular complexity index is 636. The molecule has 0 radical (unpaired) electrons. The zero-order chi connectivity index (χ0) is 15.9. The van der Waals surface area contributed by atoms with E-state index in [1.165, 1.54) is 16.7 Å². The molecule has 2 aliphatic rings. The summed E-state index contributed by atoms with van der Waals surface area (Å²) in [6.45, 7) is 1.83. The maximum Gasteiger partial charge on any atom is 0.312 e. The van der Waals surface area contributed by atoms with Gasteiger partial charge in [-0.1, -0.05) is 18.2 Å². The smallest absolute Gasteiger partial charge is 0.312 e. The number of fused-ring (bicyclic) bond motifs is 1. The van der Waals surface area contributed by atoms with Crippen LogP contribution in [0.1, 0.15) is 17.3 Å². The summed E-state index contributed by atoms with van der Waals surface area (Å²) in [5.41, 5.74) is -0.421. The van der Waals surface area contributed by atoms with Crippen LogP contribution >= 0.6 is 11.8 Å². The molecule has 0 bridgehead atoms. The molecule has 116 valence electrons. The third-order valence-corrected chi connectivity index (χ3v) is 5.74. The van der Waals surface area contributed by atoms with Gasteiger partial charge in [-0.05, 0) is 19.1 Å². The predicted octanol–water partition coefficient (Wildman–Crippen LogP) is 0.791. The number of carbonyl (C=O) groups is 3. The minimum Gasteiger partial charge on any atom is -0.481 e. The fourth-order valence-corrected chi connectivity index (χ4v) is 4.13. The quantitative estimate of drug-likeness (QED) is 0.804. The fraction of sp³-hybridized carbons (Fsp3) is 0.400. The molecule has 2 unspecified atom stereocenters. The van der Waals surface area contributed by atoms with Crippen LogP contribution < -0.4 is 5.32 Å². The minimum atomic E-state index is -0.925. The lowest BCUT2D eigenvalue weighted by molar-refractivity contribution is -0.156. The lowest BCUT2D eigenvalue weighted by atomic mass is 9.89. The van der Waals surface area contributed by atoms with Crippen molar-refractivity contribution in [2.75, 3.05) is 12.3 Å². The number of rotatable bonds is 3. The first-order valence-corrected chi connectivity index (χ1v) is 7.99. The van der Waals surface area contributed by atoms with Crippen molar-refractivity contribution in [2.24, 2.45) is 5.41 Å². The van der Waals surface area contributed by atoms with Crippen LogP contribution in [0.4, 0.5) is 0 Å². The van der Waals surface area contributed by atoms with Gasteiger partial charge in [0.15, 0.2) is 0 Å². The van der Waals surface area contributed by atoms with Crippen molar-refractivity contribution in [3.63, 3.8) is 0 Å². The number of aliphatic carboxylic acids is 1. The summed E-state index contributed by atoms with van der Waals surface area (Å²) in [6, 6.07) is 8.14. The molecule has 2 N–H and O–H groups in total. The summed E-state index contributed by atoms with van der Waals surface area (Å²) in [4.78, 5) is 37.1. The Labute approximate surface area is 131 Å². The Morgan fingerprint density at radius 3 is 2.68 bits per heavy atom. The Hall–Kier alpha value is -2.02. The van der Waals surface area contributed by atoms with E-state index in [4.69, 9.17) is 0 Å². The summed E-state index contributed by atoms with van der Waals surface area (Å²) in [6.07, 6.45) is 0. The number of carboxylic acids is 1. The number of carbonyl (C=O) groups excluding carboxylic acids is 2. The van der Waals surface area contributed by atoms with E-state index in [9.17, 15) is 19.5 Å². The summed E-state index contributed by atoms with van der Waals surface area (Å²) < 4.78 is 0. The molecule has 2 heterocycles. The molecule has 0 aromatic heterocycles. The Morgan fingerprint density at radius 1 is 1.36 bits per heavy atom. The minimum absolute atomic E-state index is 0.174. The topological polar surface area (TPSA) is 86.7 Å². The number of hydrogen-bond acceptors (Lipinski definition) is 4. The van der Waals surface area contributed by atoms with Crippen molar-refractivity contribution >= 4 is 29.5 Å². The highest BCUT2D eigenvalue weighted by Crippen LogP contribution is 2.41. The second-order valence-corrected chi connectivity index (χ2v) is 6.96. The van der Waals surface area contributed by atoms with E-state index < -0.39 is 17.4 Å². The van der Waals surface area contributed by atoms with E-state index in [1.54, 1.807) is 31.2 Å². The molecule has 22 heavy (non-hydrogen) atoms. The van der Waals surface area contributed by atoms with Gasteiger partial charge in [-0.15, -0.1) is 11.8 Å². The van der Waals surface area contributed by atoms with E-state index in [1.807, 2.05) is 6.07 Å². The highest BCUT2D eigenvalue weighted by molar-refractivity contribution is 8.00. The molecule has 3 atom stereocenters. The summed E-state index contributed by atoms with van der Waals surface area (Å²) in [5, 5.41) is 11.8. The number of hydrogen-bond donors (Lipinski definition) is 2. The molecule has 6 nitrogen and oxygen atoms in total. The lowest BCUT2D eigenvalue weighted by Gasteiger charge is -2.53. The maximum absolute atomic E-state index is 12.2. The standard InChI is InChI=1S/C15H16N2O4S/c1-15(14(20)21)7-17-12(19)10(13(17)22-8-15)16-11(18)9-5-3-2-4-6-9/h2-6,10,13H,7-8H2,1H3,(H,16,18)(H,20,21)/t10?,13-,15?/m1/s1.